The molecule has 0 radical (unpaired) electrons. The van der Waals surface area contributed by atoms with E-state index >= 15 is 0 Å². The van der Waals surface area contributed by atoms with Crippen molar-refractivity contribution >= 4 is 29.4 Å². The van der Waals surface area contributed by atoms with E-state index in [1.54, 1.807) is 25.1 Å². The Labute approximate surface area is 161 Å². The molecule has 0 saturated carbocycles. The standard InChI is InChI=1S/C18H20Cl2N2O4/c1-5-25-18(24)26-16-13(9-10(2)3)21-22(4)17(23)15(16)14-11(19)7-6-8-12(14)20/h6-8,10H,5,9H2,1-4H3. The zero-order valence-electron chi connectivity index (χ0n) is 15.0. The molecule has 26 heavy (non-hydrogen) atoms. The van der Waals surface area contributed by atoms with Crippen molar-refractivity contribution in [1.29, 1.82) is 0 Å². The molecule has 0 saturated heterocycles. The summed E-state index contributed by atoms with van der Waals surface area (Å²) in [6, 6.07) is 4.89. The monoisotopic (exact) mass is 398 g/mol. The summed E-state index contributed by atoms with van der Waals surface area (Å²) in [6.45, 7) is 5.77. The van der Waals surface area contributed by atoms with E-state index in [1.807, 2.05) is 13.8 Å². The minimum Gasteiger partial charge on any atom is -0.434 e. The van der Waals surface area contributed by atoms with E-state index < -0.39 is 11.7 Å². The molecule has 6 nitrogen and oxygen atoms in total. The van der Waals surface area contributed by atoms with Gasteiger partial charge in [0.15, 0.2) is 5.75 Å². The SMILES string of the molecule is CCOC(=O)Oc1c(CC(C)C)nn(C)c(=O)c1-c1c(Cl)cccc1Cl. The van der Waals surface area contributed by atoms with Gasteiger partial charge in [-0.25, -0.2) is 9.48 Å². The summed E-state index contributed by atoms with van der Waals surface area (Å²) in [7, 11) is 1.52. The van der Waals surface area contributed by atoms with Gasteiger partial charge in [-0.1, -0.05) is 43.1 Å². The van der Waals surface area contributed by atoms with Crippen molar-refractivity contribution in [3.63, 3.8) is 0 Å². The molecule has 2 rings (SSSR count). The molecule has 0 aliphatic rings. The van der Waals surface area contributed by atoms with Crippen LogP contribution in [0.4, 0.5) is 4.79 Å². The molecule has 0 atom stereocenters. The molecule has 0 amide bonds. The Morgan fingerprint density at radius 1 is 1.23 bits per heavy atom. The molecule has 1 aromatic carbocycles. The number of aryl methyl sites for hydroxylation is 1. The minimum absolute atomic E-state index is 0.0234. The molecule has 140 valence electrons. The van der Waals surface area contributed by atoms with Gasteiger partial charge in [-0.15, -0.1) is 0 Å². The maximum atomic E-state index is 12.8. The van der Waals surface area contributed by atoms with Crippen LogP contribution in [-0.2, 0) is 18.2 Å². The lowest BCUT2D eigenvalue weighted by Gasteiger charge is -2.17. The van der Waals surface area contributed by atoms with Crippen molar-refractivity contribution < 1.29 is 14.3 Å². The summed E-state index contributed by atoms with van der Waals surface area (Å²) >= 11 is 12.6. The third-order valence-corrected chi connectivity index (χ3v) is 4.16. The van der Waals surface area contributed by atoms with Crippen LogP contribution in [0.5, 0.6) is 5.75 Å². The third-order valence-electron chi connectivity index (χ3n) is 3.53. The summed E-state index contributed by atoms with van der Waals surface area (Å²) < 4.78 is 11.4. The highest BCUT2D eigenvalue weighted by atomic mass is 35.5. The second kappa shape index (κ2) is 8.56. The highest BCUT2D eigenvalue weighted by Crippen LogP contribution is 2.39. The van der Waals surface area contributed by atoms with Gasteiger partial charge in [0.25, 0.3) is 5.56 Å². The van der Waals surface area contributed by atoms with Crippen LogP contribution in [0.25, 0.3) is 11.1 Å². The fourth-order valence-electron chi connectivity index (χ4n) is 2.49. The smallest absolute Gasteiger partial charge is 0.434 e. The summed E-state index contributed by atoms with van der Waals surface area (Å²) in [4.78, 5) is 24.8. The van der Waals surface area contributed by atoms with Crippen molar-refractivity contribution in [3.05, 3.63) is 44.3 Å². The number of nitrogens with zero attached hydrogens (tertiary/aromatic N) is 2. The predicted molar refractivity (Wildman–Crippen MR) is 101 cm³/mol. The number of aromatic nitrogens is 2. The van der Waals surface area contributed by atoms with Crippen LogP contribution < -0.4 is 10.3 Å². The van der Waals surface area contributed by atoms with Gasteiger partial charge in [0, 0.05) is 12.6 Å². The Bertz CT molecular complexity index is 858. The summed E-state index contributed by atoms with van der Waals surface area (Å²) in [6.07, 6.45) is -0.435. The van der Waals surface area contributed by atoms with Crippen LogP contribution in [0, 0.1) is 5.92 Å². The molecule has 8 heteroatoms. The molecule has 1 aromatic heterocycles. The number of carbonyl (C=O) groups excluding carboxylic acids is 1. The van der Waals surface area contributed by atoms with Crippen molar-refractivity contribution in [3.8, 4) is 16.9 Å². The molecule has 0 fully saturated rings. The van der Waals surface area contributed by atoms with Crippen LogP contribution in [0.15, 0.2) is 23.0 Å². The molecule has 0 aliphatic carbocycles. The number of ether oxygens (including phenoxy) is 2. The number of hydrogen-bond acceptors (Lipinski definition) is 5. The molecule has 0 unspecified atom stereocenters. The van der Waals surface area contributed by atoms with Crippen LogP contribution in [0.3, 0.4) is 0 Å². The molecule has 1 heterocycles. The van der Waals surface area contributed by atoms with Crippen LogP contribution in [0.1, 0.15) is 26.5 Å². The van der Waals surface area contributed by atoms with Crippen molar-refractivity contribution in [1.82, 2.24) is 9.78 Å². The van der Waals surface area contributed by atoms with E-state index in [0.29, 0.717) is 17.7 Å². The summed E-state index contributed by atoms with van der Waals surface area (Å²) in [5.74, 6) is 0.231. The summed E-state index contributed by atoms with van der Waals surface area (Å²) in [5.41, 5.74) is 0.345. The van der Waals surface area contributed by atoms with Crippen molar-refractivity contribution in [2.24, 2.45) is 13.0 Å². The number of hydrogen-bond donors (Lipinski definition) is 0. The van der Waals surface area contributed by atoms with Gasteiger partial charge in [0.05, 0.1) is 22.2 Å². The van der Waals surface area contributed by atoms with E-state index in [1.165, 1.54) is 11.7 Å². The molecule has 2 aromatic rings. The fourth-order valence-corrected chi connectivity index (χ4v) is 3.08. The lowest BCUT2D eigenvalue weighted by molar-refractivity contribution is 0.103. The Hall–Kier alpha value is -2.05. The van der Waals surface area contributed by atoms with E-state index in [0.717, 1.165) is 0 Å². The van der Waals surface area contributed by atoms with E-state index in [4.69, 9.17) is 32.7 Å². The first-order valence-electron chi connectivity index (χ1n) is 8.15. The van der Waals surface area contributed by atoms with Crippen LogP contribution in [0.2, 0.25) is 10.0 Å². The van der Waals surface area contributed by atoms with Gasteiger partial charge in [0.2, 0.25) is 0 Å². The van der Waals surface area contributed by atoms with Crippen LogP contribution >= 0.6 is 23.2 Å². The number of carbonyl (C=O) groups is 1. The van der Waals surface area contributed by atoms with Gasteiger partial charge in [-0.2, -0.15) is 5.10 Å². The first-order chi connectivity index (χ1) is 12.3. The Morgan fingerprint density at radius 2 is 1.85 bits per heavy atom. The lowest BCUT2D eigenvalue weighted by Crippen LogP contribution is -2.26. The molecule has 0 N–H and O–H groups in total. The molecule has 0 aliphatic heterocycles. The van der Waals surface area contributed by atoms with Crippen molar-refractivity contribution in [2.75, 3.05) is 6.61 Å². The number of rotatable bonds is 5. The average Bonchev–Trinajstić information content (AvgIpc) is 2.54. The first kappa shape index (κ1) is 20.3. The highest BCUT2D eigenvalue weighted by Gasteiger charge is 2.26. The topological polar surface area (TPSA) is 70.4 Å². The highest BCUT2D eigenvalue weighted by molar-refractivity contribution is 6.39. The van der Waals surface area contributed by atoms with Gasteiger partial charge in [-0.3, -0.25) is 4.79 Å². The Balaban J connectivity index is 2.81. The molecule has 0 spiro atoms. The zero-order valence-corrected chi connectivity index (χ0v) is 16.5. The second-order valence-electron chi connectivity index (χ2n) is 6.06. The largest absolute Gasteiger partial charge is 0.513 e. The average molecular weight is 399 g/mol. The Kier molecular flexibility index (Phi) is 6.67. The third kappa shape index (κ3) is 4.37. The summed E-state index contributed by atoms with van der Waals surface area (Å²) in [5, 5.41) is 4.79. The van der Waals surface area contributed by atoms with E-state index in [-0.39, 0.29) is 33.9 Å². The van der Waals surface area contributed by atoms with E-state index in [2.05, 4.69) is 5.10 Å². The van der Waals surface area contributed by atoms with Crippen molar-refractivity contribution in [2.45, 2.75) is 27.2 Å². The van der Waals surface area contributed by atoms with Crippen LogP contribution in [-0.4, -0.2) is 22.5 Å². The minimum atomic E-state index is -0.919. The zero-order chi connectivity index (χ0) is 19.4. The van der Waals surface area contributed by atoms with E-state index in [9.17, 15) is 9.59 Å². The quantitative estimate of drug-likeness (QED) is 0.693. The van der Waals surface area contributed by atoms with Gasteiger partial charge < -0.3 is 9.47 Å². The number of benzene rings is 1. The maximum absolute atomic E-state index is 12.8. The maximum Gasteiger partial charge on any atom is 0.513 e. The molecule has 0 bridgehead atoms. The Morgan fingerprint density at radius 3 is 2.38 bits per heavy atom. The molecular formula is C18H20Cl2N2O4. The first-order valence-corrected chi connectivity index (χ1v) is 8.91. The molecular weight excluding hydrogens is 379 g/mol. The van der Waals surface area contributed by atoms with Gasteiger partial charge >= 0.3 is 6.16 Å². The lowest BCUT2D eigenvalue weighted by atomic mass is 10.0. The predicted octanol–water partition coefficient (Wildman–Crippen LogP) is 4.49. The van der Waals surface area contributed by atoms with Gasteiger partial charge in [0.1, 0.15) is 5.69 Å². The fraction of sp³-hybridized carbons (Fsp3) is 0.389. The number of halogens is 2. The normalized spacial score (nSPS) is 10.9. The second-order valence-corrected chi connectivity index (χ2v) is 6.87. The van der Waals surface area contributed by atoms with Gasteiger partial charge in [-0.05, 0) is 31.4 Å².